The second-order valence-electron chi connectivity index (χ2n) is 9.24. The van der Waals surface area contributed by atoms with Gasteiger partial charge < -0.3 is 9.47 Å². The van der Waals surface area contributed by atoms with Crippen LogP contribution in [0.4, 0.5) is 0 Å². The van der Waals surface area contributed by atoms with E-state index in [1.165, 1.54) is 11.6 Å². The van der Waals surface area contributed by atoms with Crippen molar-refractivity contribution >= 4 is 18.0 Å². The fourth-order valence-corrected chi connectivity index (χ4v) is 3.73. The fourth-order valence-electron chi connectivity index (χ4n) is 3.73. The highest BCUT2D eigenvalue weighted by Crippen LogP contribution is 2.28. The van der Waals surface area contributed by atoms with E-state index in [1.807, 2.05) is 51.1 Å². The van der Waals surface area contributed by atoms with E-state index < -0.39 is 5.41 Å². The summed E-state index contributed by atoms with van der Waals surface area (Å²) in [5, 5.41) is 0. The first-order valence-electron chi connectivity index (χ1n) is 11.6. The van der Waals surface area contributed by atoms with Crippen molar-refractivity contribution < 1.29 is 19.1 Å². The van der Waals surface area contributed by atoms with Gasteiger partial charge in [-0.1, -0.05) is 61.5 Å². The maximum Gasteiger partial charge on any atom is 0.331 e. The van der Waals surface area contributed by atoms with Crippen LogP contribution in [-0.4, -0.2) is 24.6 Å². The number of carbonyl (C=O) groups is 2. The van der Waals surface area contributed by atoms with Gasteiger partial charge in [0.2, 0.25) is 0 Å². The summed E-state index contributed by atoms with van der Waals surface area (Å²) in [5.41, 5.74) is 2.84. The van der Waals surface area contributed by atoms with E-state index in [0.717, 1.165) is 43.2 Å². The van der Waals surface area contributed by atoms with E-state index in [2.05, 4.69) is 24.3 Å². The van der Waals surface area contributed by atoms with Crippen molar-refractivity contribution in [3.05, 3.63) is 66.2 Å². The molecule has 2 aromatic carbocycles. The number of carbonyl (C=O) groups excluding carboxylic acids is 2. The van der Waals surface area contributed by atoms with E-state index in [9.17, 15) is 9.59 Å². The minimum absolute atomic E-state index is 0.0633. The highest BCUT2D eigenvalue weighted by atomic mass is 16.5. The minimum atomic E-state index is -0.430. The highest BCUT2D eigenvalue weighted by molar-refractivity contribution is 5.87. The van der Waals surface area contributed by atoms with E-state index in [0.29, 0.717) is 12.5 Å². The van der Waals surface area contributed by atoms with Crippen molar-refractivity contribution in [3.8, 4) is 11.1 Å². The first-order chi connectivity index (χ1) is 15.4. The maximum atomic E-state index is 12.2. The summed E-state index contributed by atoms with van der Waals surface area (Å²) >= 11 is 0. The Bertz CT molecular complexity index is 904. The molecule has 4 heteroatoms. The van der Waals surface area contributed by atoms with Crippen LogP contribution >= 0.6 is 0 Å². The molecule has 0 aliphatic heterocycles. The van der Waals surface area contributed by atoms with Crippen LogP contribution in [0.3, 0.4) is 0 Å². The van der Waals surface area contributed by atoms with Crippen LogP contribution < -0.4 is 0 Å². The Morgan fingerprint density at radius 2 is 1.56 bits per heavy atom. The van der Waals surface area contributed by atoms with E-state index >= 15 is 0 Å². The average Bonchev–Trinajstić information content (AvgIpc) is 2.83. The number of hydrogen-bond donors (Lipinski definition) is 0. The van der Waals surface area contributed by atoms with Crippen LogP contribution in [0.25, 0.3) is 17.2 Å². The molecule has 4 nitrogen and oxygen atoms in total. The molecule has 1 saturated carbocycles. The number of hydrogen-bond acceptors (Lipinski definition) is 4. The lowest BCUT2D eigenvalue weighted by molar-refractivity contribution is -0.156. The molecule has 0 bridgehead atoms. The number of esters is 2. The van der Waals surface area contributed by atoms with E-state index in [-0.39, 0.29) is 18.0 Å². The molecule has 0 amide bonds. The van der Waals surface area contributed by atoms with Crippen LogP contribution in [0.5, 0.6) is 0 Å². The Hall–Kier alpha value is -2.88. The SMILES string of the molecule is CCC(C)(C)C(=O)OCC1CCC(OC(=O)/C=C/c2ccc(-c3ccccc3)cc2)CC1. The summed E-state index contributed by atoms with van der Waals surface area (Å²) in [5.74, 6) is -0.0903. The summed E-state index contributed by atoms with van der Waals surface area (Å²) in [6.45, 7) is 6.28. The van der Waals surface area contributed by atoms with Crippen LogP contribution in [0.15, 0.2) is 60.7 Å². The summed E-state index contributed by atoms with van der Waals surface area (Å²) < 4.78 is 11.1. The van der Waals surface area contributed by atoms with Crippen LogP contribution in [0.1, 0.15) is 58.4 Å². The lowest BCUT2D eigenvalue weighted by Gasteiger charge is -2.29. The molecule has 0 radical (unpaired) electrons. The van der Waals surface area contributed by atoms with Crippen molar-refractivity contribution in [2.75, 3.05) is 6.61 Å². The molecule has 1 fully saturated rings. The molecule has 1 aliphatic rings. The van der Waals surface area contributed by atoms with Gasteiger partial charge in [-0.2, -0.15) is 0 Å². The van der Waals surface area contributed by atoms with Gasteiger partial charge in [-0.15, -0.1) is 0 Å². The van der Waals surface area contributed by atoms with Gasteiger partial charge in [0, 0.05) is 6.08 Å². The molecular weight excluding hydrogens is 400 g/mol. The second-order valence-corrected chi connectivity index (χ2v) is 9.24. The smallest absolute Gasteiger partial charge is 0.331 e. The molecule has 0 heterocycles. The Morgan fingerprint density at radius 3 is 2.19 bits per heavy atom. The predicted molar refractivity (Wildman–Crippen MR) is 128 cm³/mol. The normalized spacial score (nSPS) is 19.0. The summed E-state index contributed by atoms with van der Waals surface area (Å²) in [6.07, 6.45) is 7.42. The molecule has 2 aromatic rings. The Labute approximate surface area is 191 Å². The van der Waals surface area contributed by atoms with Gasteiger partial charge in [0.25, 0.3) is 0 Å². The van der Waals surface area contributed by atoms with Gasteiger partial charge in [0.1, 0.15) is 6.10 Å². The van der Waals surface area contributed by atoms with Crippen molar-refractivity contribution in [1.29, 1.82) is 0 Å². The molecule has 32 heavy (non-hydrogen) atoms. The number of rotatable bonds is 8. The summed E-state index contributed by atoms with van der Waals surface area (Å²) in [6, 6.07) is 18.3. The third-order valence-corrected chi connectivity index (χ3v) is 6.39. The fraction of sp³-hybridized carbons (Fsp3) is 0.429. The van der Waals surface area contributed by atoms with Crippen molar-refractivity contribution in [2.45, 2.75) is 59.0 Å². The molecule has 3 rings (SSSR count). The number of benzene rings is 2. The Morgan fingerprint density at radius 1 is 0.938 bits per heavy atom. The zero-order chi connectivity index (χ0) is 23.0. The van der Waals surface area contributed by atoms with E-state index in [4.69, 9.17) is 9.47 Å². The van der Waals surface area contributed by atoms with Gasteiger partial charge in [0.15, 0.2) is 0 Å². The molecule has 0 aromatic heterocycles. The first kappa shape index (κ1) is 23.8. The lowest BCUT2D eigenvalue weighted by atomic mass is 9.87. The van der Waals surface area contributed by atoms with Gasteiger partial charge >= 0.3 is 11.9 Å². The zero-order valence-corrected chi connectivity index (χ0v) is 19.4. The molecule has 0 unspecified atom stereocenters. The largest absolute Gasteiger partial charge is 0.465 e. The molecule has 0 spiro atoms. The number of ether oxygens (including phenoxy) is 2. The third-order valence-electron chi connectivity index (χ3n) is 6.39. The quantitative estimate of drug-likeness (QED) is 0.354. The molecule has 170 valence electrons. The summed E-state index contributed by atoms with van der Waals surface area (Å²) in [7, 11) is 0. The van der Waals surface area contributed by atoms with Gasteiger partial charge in [0.05, 0.1) is 12.0 Å². The molecule has 0 N–H and O–H groups in total. The highest BCUT2D eigenvalue weighted by Gasteiger charge is 2.29. The van der Waals surface area contributed by atoms with Gasteiger partial charge in [-0.3, -0.25) is 4.79 Å². The van der Waals surface area contributed by atoms with Crippen molar-refractivity contribution in [1.82, 2.24) is 0 Å². The summed E-state index contributed by atoms with van der Waals surface area (Å²) in [4.78, 5) is 24.4. The molecule has 0 saturated heterocycles. The third kappa shape index (κ3) is 6.81. The minimum Gasteiger partial charge on any atom is -0.465 e. The van der Waals surface area contributed by atoms with Crippen LogP contribution in [-0.2, 0) is 19.1 Å². The zero-order valence-electron chi connectivity index (χ0n) is 19.4. The molecule has 0 atom stereocenters. The van der Waals surface area contributed by atoms with E-state index in [1.54, 1.807) is 6.08 Å². The Kier molecular flexibility index (Phi) is 8.26. The van der Waals surface area contributed by atoms with Crippen molar-refractivity contribution in [3.63, 3.8) is 0 Å². The molecule has 1 aliphatic carbocycles. The van der Waals surface area contributed by atoms with Gasteiger partial charge in [-0.05, 0) is 74.6 Å². The van der Waals surface area contributed by atoms with Gasteiger partial charge in [-0.25, -0.2) is 4.79 Å². The average molecular weight is 435 g/mol. The topological polar surface area (TPSA) is 52.6 Å². The molecular formula is C28H34O4. The maximum absolute atomic E-state index is 12.2. The first-order valence-corrected chi connectivity index (χ1v) is 11.6. The predicted octanol–water partition coefficient (Wildman–Crippen LogP) is 6.45. The Balaban J connectivity index is 1.40. The monoisotopic (exact) mass is 434 g/mol. The lowest BCUT2D eigenvalue weighted by Crippen LogP contribution is -2.30. The van der Waals surface area contributed by atoms with Crippen LogP contribution in [0.2, 0.25) is 0 Å². The second kappa shape index (κ2) is 11.1. The standard InChI is InChI=1S/C28H34O4/c1-4-28(2,3)27(30)31-20-22-12-17-25(18-13-22)32-26(29)19-14-21-10-15-24(16-11-21)23-8-6-5-7-9-23/h5-11,14-16,19,22,25H,4,12-13,17-18,20H2,1-3H3/b19-14+. The van der Waals surface area contributed by atoms with Crippen LogP contribution in [0, 0.1) is 11.3 Å². The van der Waals surface area contributed by atoms with Crippen molar-refractivity contribution in [2.24, 2.45) is 11.3 Å².